The molecule has 0 unspecified atom stereocenters. The highest BCUT2D eigenvalue weighted by atomic mass is 79.9. The highest BCUT2D eigenvalue weighted by Crippen LogP contribution is 2.31. The molecule has 2 heterocycles. The maximum atomic E-state index is 12.3. The lowest BCUT2D eigenvalue weighted by Gasteiger charge is -2.07. The Balaban J connectivity index is 1.40. The van der Waals surface area contributed by atoms with E-state index in [4.69, 9.17) is 4.98 Å². The molecule has 5 nitrogen and oxygen atoms in total. The second kappa shape index (κ2) is 8.08. The Morgan fingerprint density at radius 1 is 1.14 bits per heavy atom. The van der Waals surface area contributed by atoms with Crippen molar-refractivity contribution in [3.05, 3.63) is 63.9 Å². The van der Waals surface area contributed by atoms with Crippen molar-refractivity contribution in [2.24, 2.45) is 0 Å². The number of hydrogen-bond donors (Lipinski definition) is 1. The minimum Gasteiger partial charge on any atom is -0.326 e. The van der Waals surface area contributed by atoms with Crippen LogP contribution in [0.4, 0.5) is 5.69 Å². The number of hydrogen-bond acceptors (Lipinski definition) is 4. The van der Waals surface area contributed by atoms with Gasteiger partial charge < -0.3 is 5.32 Å². The summed E-state index contributed by atoms with van der Waals surface area (Å²) in [6, 6.07) is 14.1. The molecule has 0 fully saturated rings. The fourth-order valence-corrected chi connectivity index (χ4v) is 4.53. The summed E-state index contributed by atoms with van der Waals surface area (Å²) < 4.78 is 4.04. The van der Waals surface area contributed by atoms with E-state index in [9.17, 15) is 4.79 Å². The molecule has 29 heavy (non-hydrogen) atoms. The van der Waals surface area contributed by atoms with Crippen LogP contribution < -0.4 is 5.32 Å². The Bertz CT molecular complexity index is 1190. The number of aryl methyl sites for hydroxylation is 3. The van der Waals surface area contributed by atoms with Crippen molar-refractivity contribution in [3.8, 4) is 10.6 Å². The highest BCUT2D eigenvalue weighted by Gasteiger charge is 2.11. The summed E-state index contributed by atoms with van der Waals surface area (Å²) in [7, 11) is 0. The van der Waals surface area contributed by atoms with Crippen LogP contribution in [-0.4, -0.2) is 20.7 Å². The van der Waals surface area contributed by atoms with E-state index in [1.807, 2.05) is 42.8 Å². The summed E-state index contributed by atoms with van der Waals surface area (Å²) in [5.74, 6) is -0.0307. The number of nitrogens with zero attached hydrogens (tertiary/aromatic N) is 3. The Kier molecular flexibility index (Phi) is 5.52. The number of benzene rings is 2. The number of carbonyl (C=O) groups is 1. The van der Waals surface area contributed by atoms with Gasteiger partial charge in [-0.2, -0.15) is 5.10 Å². The van der Waals surface area contributed by atoms with Gasteiger partial charge >= 0.3 is 0 Å². The zero-order chi connectivity index (χ0) is 20.5. The van der Waals surface area contributed by atoms with E-state index in [0.29, 0.717) is 13.0 Å². The van der Waals surface area contributed by atoms with Crippen molar-refractivity contribution >= 4 is 49.1 Å². The molecule has 1 amide bonds. The molecule has 0 aliphatic rings. The van der Waals surface area contributed by atoms with Gasteiger partial charge in [0.1, 0.15) is 5.01 Å². The summed E-state index contributed by atoms with van der Waals surface area (Å²) in [4.78, 5) is 17.0. The van der Waals surface area contributed by atoms with Gasteiger partial charge in [-0.05, 0) is 78.7 Å². The van der Waals surface area contributed by atoms with E-state index < -0.39 is 0 Å². The van der Waals surface area contributed by atoms with Gasteiger partial charge in [0, 0.05) is 23.4 Å². The first-order valence-electron chi connectivity index (χ1n) is 9.37. The van der Waals surface area contributed by atoms with Crippen molar-refractivity contribution < 1.29 is 4.79 Å². The molecule has 2 aromatic heterocycles. The standard InChI is InChI=1S/C22H21BrN4OS/c1-13-4-9-18-19(12-13)29-22(25-18)16-5-7-17(8-6-16)24-20(28)10-11-27-15(3)21(23)14(2)26-27/h4-9,12H,10-11H2,1-3H3,(H,24,28). The molecule has 0 aliphatic carbocycles. The van der Waals surface area contributed by atoms with E-state index in [0.717, 1.165) is 37.6 Å². The molecule has 2 aromatic carbocycles. The number of anilines is 1. The molecule has 0 radical (unpaired) electrons. The van der Waals surface area contributed by atoms with Crippen LogP contribution in [0.15, 0.2) is 46.9 Å². The quantitative estimate of drug-likeness (QED) is 0.397. The van der Waals surface area contributed by atoms with E-state index in [-0.39, 0.29) is 5.91 Å². The van der Waals surface area contributed by atoms with Gasteiger partial charge in [0.25, 0.3) is 0 Å². The number of rotatable bonds is 5. The van der Waals surface area contributed by atoms with Gasteiger partial charge in [-0.25, -0.2) is 4.98 Å². The lowest BCUT2D eigenvalue weighted by atomic mass is 10.2. The minimum atomic E-state index is -0.0307. The Morgan fingerprint density at radius 3 is 2.59 bits per heavy atom. The van der Waals surface area contributed by atoms with Crippen LogP contribution in [0, 0.1) is 20.8 Å². The van der Waals surface area contributed by atoms with Gasteiger partial charge in [0.2, 0.25) is 5.91 Å². The van der Waals surface area contributed by atoms with E-state index >= 15 is 0 Å². The summed E-state index contributed by atoms with van der Waals surface area (Å²) in [6.07, 6.45) is 0.368. The molecule has 0 saturated carbocycles. The zero-order valence-electron chi connectivity index (χ0n) is 16.5. The first-order chi connectivity index (χ1) is 13.9. The lowest BCUT2D eigenvalue weighted by molar-refractivity contribution is -0.116. The Labute approximate surface area is 181 Å². The Morgan fingerprint density at radius 2 is 1.90 bits per heavy atom. The molecule has 4 rings (SSSR count). The largest absolute Gasteiger partial charge is 0.326 e. The monoisotopic (exact) mass is 468 g/mol. The molecular weight excluding hydrogens is 448 g/mol. The first kappa shape index (κ1) is 19.8. The average Bonchev–Trinajstić information content (AvgIpc) is 3.23. The number of fused-ring (bicyclic) bond motifs is 1. The summed E-state index contributed by atoms with van der Waals surface area (Å²) in [5, 5.41) is 8.38. The molecule has 4 aromatic rings. The van der Waals surface area contributed by atoms with Crippen LogP contribution in [0.3, 0.4) is 0 Å². The molecule has 7 heteroatoms. The molecule has 148 valence electrons. The summed E-state index contributed by atoms with van der Waals surface area (Å²) in [5.41, 5.74) is 6.05. The molecule has 1 N–H and O–H groups in total. The zero-order valence-corrected chi connectivity index (χ0v) is 18.9. The summed E-state index contributed by atoms with van der Waals surface area (Å²) in [6.45, 7) is 6.57. The molecule has 0 atom stereocenters. The van der Waals surface area contributed by atoms with Crippen LogP contribution in [-0.2, 0) is 11.3 Å². The van der Waals surface area contributed by atoms with Gasteiger partial charge in [-0.1, -0.05) is 6.07 Å². The van der Waals surface area contributed by atoms with Gasteiger partial charge in [0.05, 0.1) is 26.9 Å². The third-order valence-electron chi connectivity index (χ3n) is 4.80. The first-order valence-corrected chi connectivity index (χ1v) is 11.0. The van der Waals surface area contributed by atoms with Gasteiger partial charge in [-0.15, -0.1) is 11.3 Å². The number of nitrogens with one attached hydrogen (secondary N) is 1. The van der Waals surface area contributed by atoms with E-state index in [1.165, 1.54) is 10.3 Å². The van der Waals surface area contributed by atoms with Crippen molar-refractivity contribution in [2.45, 2.75) is 33.7 Å². The second-order valence-electron chi connectivity index (χ2n) is 7.07. The van der Waals surface area contributed by atoms with E-state index in [2.05, 4.69) is 51.5 Å². The number of amides is 1. The predicted molar refractivity (Wildman–Crippen MR) is 122 cm³/mol. The van der Waals surface area contributed by atoms with Crippen LogP contribution in [0.1, 0.15) is 23.4 Å². The van der Waals surface area contributed by atoms with Crippen LogP contribution in [0.5, 0.6) is 0 Å². The topological polar surface area (TPSA) is 59.8 Å². The third kappa shape index (κ3) is 4.26. The predicted octanol–water partition coefficient (Wildman–Crippen LogP) is 5.88. The minimum absolute atomic E-state index is 0.0307. The van der Waals surface area contributed by atoms with Crippen molar-refractivity contribution in [1.82, 2.24) is 14.8 Å². The van der Waals surface area contributed by atoms with Gasteiger partial charge in [-0.3, -0.25) is 9.48 Å². The van der Waals surface area contributed by atoms with Crippen molar-refractivity contribution in [1.29, 1.82) is 0 Å². The normalized spacial score (nSPS) is 11.2. The maximum Gasteiger partial charge on any atom is 0.226 e. The fraction of sp³-hybridized carbons (Fsp3) is 0.227. The van der Waals surface area contributed by atoms with Crippen molar-refractivity contribution in [2.75, 3.05) is 5.32 Å². The second-order valence-corrected chi connectivity index (χ2v) is 8.90. The highest BCUT2D eigenvalue weighted by molar-refractivity contribution is 9.10. The molecule has 0 saturated heterocycles. The van der Waals surface area contributed by atoms with Crippen LogP contribution >= 0.6 is 27.3 Å². The lowest BCUT2D eigenvalue weighted by Crippen LogP contribution is -2.15. The smallest absolute Gasteiger partial charge is 0.226 e. The van der Waals surface area contributed by atoms with Crippen molar-refractivity contribution in [3.63, 3.8) is 0 Å². The van der Waals surface area contributed by atoms with E-state index in [1.54, 1.807) is 11.3 Å². The molecular formula is C22H21BrN4OS. The van der Waals surface area contributed by atoms with Crippen LogP contribution in [0.2, 0.25) is 0 Å². The molecule has 0 aliphatic heterocycles. The number of aromatic nitrogens is 3. The number of carbonyl (C=O) groups excluding carboxylic acids is 1. The van der Waals surface area contributed by atoms with Gasteiger partial charge in [0.15, 0.2) is 0 Å². The molecule has 0 bridgehead atoms. The average molecular weight is 469 g/mol. The fourth-order valence-electron chi connectivity index (χ4n) is 3.18. The maximum absolute atomic E-state index is 12.3. The SMILES string of the molecule is Cc1ccc2nc(-c3ccc(NC(=O)CCn4nc(C)c(Br)c4C)cc3)sc2c1. The number of halogens is 1. The summed E-state index contributed by atoms with van der Waals surface area (Å²) >= 11 is 5.20. The van der Waals surface area contributed by atoms with Crippen LogP contribution in [0.25, 0.3) is 20.8 Å². The Hall–Kier alpha value is -2.51. The number of thiazole rings is 1. The molecule has 0 spiro atoms. The third-order valence-corrected chi connectivity index (χ3v) is 7.02.